The van der Waals surface area contributed by atoms with E-state index in [4.69, 9.17) is 5.11 Å². The minimum Gasteiger partial charge on any atom is -0.481 e. The summed E-state index contributed by atoms with van der Waals surface area (Å²) in [5, 5.41) is 11.6. The molecule has 0 bridgehead atoms. The van der Waals surface area contributed by atoms with Gasteiger partial charge in [0, 0.05) is 12.0 Å². The van der Waals surface area contributed by atoms with Crippen LogP contribution in [0.2, 0.25) is 0 Å². The Balaban J connectivity index is 1.82. The Morgan fingerprint density at radius 2 is 1.93 bits per heavy atom. The standard InChI is InChI=1S/C11H17NO3/c13-10(14)6-9(7-4-5-7)12-11(15)8-2-1-3-8/h7-9H,1-6H2,(H,12,15)(H,13,14). The molecule has 2 N–H and O–H groups in total. The molecule has 4 nitrogen and oxygen atoms in total. The molecule has 0 saturated heterocycles. The van der Waals surface area contributed by atoms with Crippen LogP contribution in [0.4, 0.5) is 0 Å². The number of hydrogen-bond donors (Lipinski definition) is 2. The Labute approximate surface area is 89.0 Å². The quantitative estimate of drug-likeness (QED) is 0.717. The molecule has 1 unspecified atom stereocenters. The maximum Gasteiger partial charge on any atom is 0.305 e. The molecule has 0 spiro atoms. The Morgan fingerprint density at radius 1 is 1.27 bits per heavy atom. The molecule has 1 amide bonds. The maximum absolute atomic E-state index is 11.6. The van der Waals surface area contributed by atoms with Gasteiger partial charge >= 0.3 is 5.97 Å². The molecular weight excluding hydrogens is 194 g/mol. The number of carboxylic acids is 1. The van der Waals surface area contributed by atoms with Gasteiger partial charge in [-0.1, -0.05) is 6.42 Å². The van der Waals surface area contributed by atoms with Crippen LogP contribution in [0.25, 0.3) is 0 Å². The summed E-state index contributed by atoms with van der Waals surface area (Å²) in [6.45, 7) is 0. The van der Waals surface area contributed by atoms with Crippen LogP contribution in [0.1, 0.15) is 38.5 Å². The Kier molecular flexibility index (Phi) is 2.93. The lowest BCUT2D eigenvalue weighted by atomic mass is 9.84. The van der Waals surface area contributed by atoms with Crippen molar-refractivity contribution in [2.24, 2.45) is 11.8 Å². The molecule has 0 radical (unpaired) electrons. The lowest BCUT2D eigenvalue weighted by Crippen LogP contribution is -2.43. The highest BCUT2D eigenvalue weighted by atomic mass is 16.4. The molecule has 2 fully saturated rings. The van der Waals surface area contributed by atoms with Crippen molar-refractivity contribution >= 4 is 11.9 Å². The monoisotopic (exact) mass is 211 g/mol. The van der Waals surface area contributed by atoms with Crippen molar-refractivity contribution in [3.63, 3.8) is 0 Å². The molecule has 2 aliphatic rings. The summed E-state index contributed by atoms with van der Waals surface area (Å²) in [6, 6.07) is -0.129. The van der Waals surface area contributed by atoms with Crippen LogP contribution in [0, 0.1) is 11.8 Å². The third kappa shape index (κ3) is 2.70. The number of carbonyl (C=O) groups is 2. The number of aliphatic carboxylic acids is 1. The zero-order valence-electron chi connectivity index (χ0n) is 8.74. The van der Waals surface area contributed by atoms with Gasteiger partial charge in [0.2, 0.25) is 5.91 Å². The number of rotatable bonds is 5. The Morgan fingerprint density at radius 3 is 2.33 bits per heavy atom. The average molecular weight is 211 g/mol. The second-order valence-corrected chi connectivity index (χ2v) is 4.68. The molecule has 0 aromatic carbocycles. The van der Waals surface area contributed by atoms with Gasteiger partial charge in [-0.05, 0) is 31.6 Å². The van der Waals surface area contributed by atoms with E-state index in [1.54, 1.807) is 0 Å². The van der Waals surface area contributed by atoms with E-state index >= 15 is 0 Å². The van der Waals surface area contributed by atoms with Gasteiger partial charge in [0.15, 0.2) is 0 Å². The number of hydrogen-bond acceptors (Lipinski definition) is 2. The molecular formula is C11H17NO3. The number of amides is 1. The molecule has 2 saturated carbocycles. The topological polar surface area (TPSA) is 66.4 Å². The molecule has 2 aliphatic carbocycles. The van der Waals surface area contributed by atoms with Crippen LogP contribution >= 0.6 is 0 Å². The van der Waals surface area contributed by atoms with E-state index in [9.17, 15) is 9.59 Å². The van der Waals surface area contributed by atoms with Gasteiger partial charge in [0.1, 0.15) is 0 Å². The molecule has 15 heavy (non-hydrogen) atoms. The number of carbonyl (C=O) groups excluding carboxylic acids is 1. The first-order valence-corrected chi connectivity index (χ1v) is 5.69. The van der Waals surface area contributed by atoms with Gasteiger partial charge in [-0.3, -0.25) is 9.59 Å². The van der Waals surface area contributed by atoms with Crippen molar-refractivity contribution in [3.8, 4) is 0 Å². The smallest absolute Gasteiger partial charge is 0.305 e. The third-order valence-electron chi connectivity index (χ3n) is 3.39. The summed E-state index contributed by atoms with van der Waals surface area (Å²) < 4.78 is 0. The summed E-state index contributed by atoms with van der Waals surface area (Å²) in [4.78, 5) is 22.3. The van der Waals surface area contributed by atoms with Crippen LogP contribution in [-0.4, -0.2) is 23.0 Å². The predicted octanol–water partition coefficient (Wildman–Crippen LogP) is 1.16. The van der Waals surface area contributed by atoms with E-state index in [1.807, 2.05) is 0 Å². The molecule has 4 heteroatoms. The van der Waals surface area contributed by atoms with Crippen molar-refractivity contribution in [2.75, 3.05) is 0 Å². The Hall–Kier alpha value is -1.06. The molecule has 0 aromatic rings. The highest BCUT2D eigenvalue weighted by Gasteiger charge is 2.35. The predicted molar refractivity (Wildman–Crippen MR) is 54.2 cm³/mol. The number of nitrogens with one attached hydrogen (secondary N) is 1. The summed E-state index contributed by atoms with van der Waals surface area (Å²) in [7, 11) is 0. The molecule has 2 rings (SSSR count). The van der Waals surface area contributed by atoms with Crippen molar-refractivity contribution in [1.29, 1.82) is 0 Å². The van der Waals surface area contributed by atoms with Gasteiger partial charge in [0.25, 0.3) is 0 Å². The lowest BCUT2D eigenvalue weighted by Gasteiger charge is -2.27. The van der Waals surface area contributed by atoms with Crippen LogP contribution in [-0.2, 0) is 9.59 Å². The number of carboxylic acid groups (broad SMARTS) is 1. The van der Waals surface area contributed by atoms with Gasteiger partial charge < -0.3 is 10.4 Å². The average Bonchev–Trinajstić information content (AvgIpc) is 2.79. The highest BCUT2D eigenvalue weighted by molar-refractivity contribution is 5.80. The molecule has 0 aliphatic heterocycles. The maximum atomic E-state index is 11.6. The van der Waals surface area contributed by atoms with Gasteiger partial charge in [-0.2, -0.15) is 0 Å². The summed E-state index contributed by atoms with van der Waals surface area (Å²) in [5.74, 6) is -0.189. The molecule has 0 heterocycles. The van der Waals surface area contributed by atoms with Gasteiger partial charge in [0.05, 0.1) is 6.42 Å². The van der Waals surface area contributed by atoms with Crippen molar-refractivity contribution < 1.29 is 14.7 Å². The van der Waals surface area contributed by atoms with E-state index in [-0.39, 0.29) is 24.3 Å². The fraction of sp³-hybridized carbons (Fsp3) is 0.818. The SMILES string of the molecule is O=C(O)CC(NC(=O)C1CCC1)C1CC1. The first-order chi connectivity index (χ1) is 7.16. The lowest BCUT2D eigenvalue weighted by molar-refractivity contribution is -0.138. The second kappa shape index (κ2) is 4.21. The van der Waals surface area contributed by atoms with Crippen LogP contribution in [0.5, 0.6) is 0 Å². The van der Waals surface area contributed by atoms with Crippen molar-refractivity contribution in [2.45, 2.75) is 44.6 Å². The first-order valence-electron chi connectivity index (χ1n) is 5.69. The zero-order valence-corrected chi connectivity index (χ0v) is 8.74. The summed E-state index contributed by atoms with van der Waals surface area (Å²) in [6.07, 6.45) is 5.26. The second-order valence-electron chi connectivity index (χ2n) is 4.68. The minimum absolute atomic E-state index is 0.0689. The summed E-state index contributed by atoms with van der Waals surface area (Å²) in [5.41, 5.74) is 0. The van der Waals surface area contributed by atoms with E-state index in [2.05, 4.69) is 5.32 Å². The van der Waals surface area contributed by atoms with E-state index < -0.39 is 5.97 Å². The largest absolute Gasteiger partial charge is 0.481 e. The fourth-order valence-corrected chi connectivity index (χ4v) is 1.99. The van der Waals surface area contributed by atoms with Crippen LogP contribution in [0.3, 0.4) is 0 Å². The molecule has 0 aromatic heterocycles. The van der Waals surface area contributed by atoms with E-state index in [1.165, 1.54) is 0 Å². The normalized spacial score (nSPS) is 22.9. The Bertz CT molecular complexity index is 269. The fourth-order valence-electron chi connectivity index (χ4n) is 1.99. The summed E-state index contributed by atoms with van der Waals surface area (Å²) >= 11 is 0. The van der Waals surface area contributed by atoms with E-state index in [0.717, 1.165) is 32.1 Å². The molecule has 84 valence electrons. The van der Waals surface area contributed by atoms with Crippen molar-refractivity contribution in [3.05, 3.63) is 0 Å². The van der Waals surface area contributed by atoms with Crippen LogP contribution in [0.15, 0.2) is 0 Å². The van der Waals surface area contributed by atoms with Crippen LogP contribution < -0.4 is 5.32 Å². The third-order valence-corrected chi connectivity index (χ3v) is 3.39. The van der Waals surface area contributed by atoms with Gasteiger partial charge in [-0.25, -0.2) is 0 Å². The molecule has 1 atom stereocenters. The highest BCUT2D eigenvalue weighted by Crippen LogP contribution is 2.35. The first kappa shape index (κ1) is 10.5. The minimum atomic E-state index is -0.819. The van der Waals surface area contributed by atoms with Gasteiger partial charge in [-0.15, -0.1) is 0 Å². The van der Waals surface area contributed by atoms with E-state index in [0.29, 0.717) is 5.92 Å². The van der Waals surface area contributed by atoms with Crippen molar-refractivity contribution in [1.82, 2.24) is 5.32 Å². The zero-order chi connectivity index (χ0) is 10.8.